The van der Waals surface area contributed by atoms with Crippen molar-refractivity contribution in [2.45, 2.75) is 52.7 Å². The van der Waals surface area contributed by atoms with Crippen molar-refractivity contribution in [1.82, 2.24) is 15.1 Å². The number of aromatic nitrogens is 2. The lowest BCUT2D eigenvalue weighted by atomic mass is 10.2. The topological polar surface area (TPSA) is 46.9 Å². The lowest BCUT2D eigenvalue weighted by molar-refractivity contribution is 0.518. The second-order valence-electron chi connectivity index (χ2n) is 5.25. The van der Waals surface area contributed by atoms with Crippen molar-refractivity contribution in [2.24, 2.45) is 0 Å². The van der Waals surface area contributed by atoms with Gasteiger partial charge in [-0.1, -0.05) is 19.9 Å². The molecule has 0 aliphatic heterocycles. The van der Waals surface area contributed by atoms with Gasteiger partial charge in [0.2, 0.25) is 0 Å². The highest BCUT2D eigenvalue weighted by atomic mass is 32.1. The number of aryl methyl sites for hydroxylation is 1. The molecule has 2 aromatic rings. The predicted molar refractivity (Wildman–Crippen MR) is 88.7 cm³/mol. The molecule has 1 atom stereocenters. The first kappa shape index (κ1) is 15.9. The van der Waals surface area contributed by atoms with Crippen LogP contribution in [0.4, 0.5) is 0 Å². The molecule has 0 radical (unpaired) electrons. The van der Waals surface area contributed by atoms with Crippen LogP contribution in [-0.4, -0.2) is 15.8 Å². The van der Waals surface area contributed by atoms with E-state index in [0.717, 1.165) is 29.0 Å². The molecule has 0 bridgehead atoms. The molecule has 0 saturated heterocycles. The van der Waals surface area contributed by atoms with Crippen LogP contribution >= 0.6 is 11.3 Å². The second-order valence-corrected chi connectivity index (χ2v) is 6.20. The van der Waals surface area contributed by atoms with Crippen molar-refractivity contribution in [3.63, 3.8) is 0 Å². The van der Waals surface area contributed by atoms with Crippen LogP contribution < -0.4 is 10.9 Å². The molecule has 114 valence electrons. The minimum absolute atomic E-state index is 0.0213. The van der Waals surface area contributed by atoms with Gasteiger partial charge in [-0.05, 0) is 37.3 Å². The van der Waals surface area contributed by atoms with E-state index in [1.54, 1.807) is 16.0 Å². The van der Waals surface area contributed by atoms with Crippen molar-refractivity contribution in [3.05, 3.63) is 39.5 Å². The fraction of sp³-hybridized carbons (Fsp3) is 0.500. The Morgan fingerprint density at radius 2 is 2.24 bits per heavy atom. The largest absolute Gasteiger partial charge is 0.310 e. The van der Waals surface area contributed by atoms with E-state index in [4.69, 9.17) is 0 Å². The van der Waals surface area contributed by atoms with Crippen LogP contribution in [-0.2, 0) is 13.1 Å². The smallest absolute Gasteiger partial charge is 0.271 e. The number of hydrogen-bond acceptors (Lipinski definition) is 4. The number of rotatable bonds is 7. The standard InChI is InChI=1S/C16H23N3OS/c1-4-8-19-16(20)13(11-17-12(3)5-2)10-14(18-19)15-7-6-9-21-15/h6-7,9-10,12,17H,4-5,8,11H2,1-3H3. The van der Waals surface area contributed by atoms with Gasteiger partial charge in [-0.3, -0.25) is 4.79 Å². The summed E-state index contributed by atoms with van der Waals surface area (Å²) in [6.45, 7) is 7.58. The third-order valence-corrected chi connectivity index (χ3v) is 4.40. The van der Waals surface area contributed by atoms with Gasteiger partial charge < -0.3 is 5.32 Å². The summed E-state index contributed by atoms with van der Waals surface area (Å²) in [4.78, 5) is 13.5. The molecular formula is C16H23N3OS. The van der Waals surface area contributed by atoms with Crippen LogP contribution in [0.15, 0.2) is 28.4 Å². The molecule has 21 heavy (non-hydrogen) atoms. The van der Waals surface area contributed by atoms with E-state index in [1.807, 2.05) is 23.6 Å². The Balaban J connectivity index is 2.35. The maximum atomic E-state index is 12.4. The maximum Gasteiger partial charge on any atom is 0.271 e. The normalized spacial score (nSPS) is 12.5. The first-order chi connectivity index (χ1) is 10.2. The van der Waals surface area contributed by atoms with E-state index in [-0.39, 0.29) is 5.56 Å². The van der Waals surface area contributed by atoms with E-state index >= 15 is 0 Å². The summed E-state index contributed by atoms with van der Waals surface area (Å²) in [7, 11) is 0. The van der Waals surface area contributed by atoms with Gasteiger partial charge in [-0.15, -0.1) is 11.3 Å². The zero-order valence-corrected chi connectivity index (χ0v) is 13.7. The van der Waals surface area contributed by atoms with Crippen LogP contribution in [0, 0.1) is 0 Å². The molecule has 2 heterocycles. The van der Waals surface area contributed by atoms with Crippen LogP contribution in [0.5, 0.6) is 0 Å². The van der Waals surface area contributed by atoms with Crippen molar-refractivity contribution >= 4 is 11.3 Å². The fourth-order valence-corrected chi connectivity index (χ4v) is 2.74. The molecule has 0 aromatic carbocycles. The van der Waals surface area contributed by atoms with Crippen LogP contribution in [0.2, 0.25) is 0 Å². The minimum Gasteiger partial charge on any atom is -0.310 e. The Labute approximate surface area is 129 Å². The zero-order valence-electron chi connectivity index (χ0n) is 12.9. The SMILES string of the molecule is CCCn1nc(-c2cccs2)cc(CNC(C)CC)c1=O. The Morgan fingerprint density at radius 1 is 1.43 bits per heavy atom. The number of hydrogen-bond donors (Lipinski definition) is 1. The molecule has 1 N–H and O–H groups in total. The van der Waals surface area contributed by atoms with Crippen molar-refractivity contribution in [2.75, 3.05) is 0 Å². The van der Waals surface area contributed by atoms with E-state index in [9.17, 15) is 4.79 Å². The lowest BCUT2D eigenvalue weighted by Gasteiger charge is -2.13. The quantitative estimate of drug-likeness (QED) is 0.854. The number of nitrogens with one attached hydrogen (secondary N) is 1. The van der Waals surface area contributed by atoms with Gasteiger partial charge in [-0.2, -0.15) is 5.10 Å². The predicted octanol–water partition coefficient (Wildman–Crippen LogP) is 3.27. The Kier molecular flexibility index (Phi) is 5.70. The molecule has 1 unspecified atom stereocenters. The molecule has 0 saturated carbocycles. The van der Waals surface area contributed by atoms with E-state index in [1.165, 1.54) is 0 Å². The van der Waals surface area contributed by atoms with Crippen molar-refractivity contribution < 1.29 is 0 Å². The van der Waals surface area contributed by atoms with Gasteiger partial charge in [0.15, 0.2) is 0 Å². The molecule has 0 fully saturated rings. The molecular weight excluding hydrogens is 282 g/mol. The average Bonchev–Trinajstić information content (AvgIpc) is 3.02. The van der Waals surface area contributed by atoms with Crippen molar-refractivity contribution in [3.8, 4) is 10.6 Å². The molecule has 0 amide bonds. The van der Waals surface area contributed by atoms with E-state index < -0.39 is 0 Å². The van der Waals surface area contributed by atoms with Gasteiger partial charge in [-0.25, -0.2) is 4.68 Å². The summed E-state index contributed by atoms with van der Waals surface area (Å²) < 4.78 is 1.60. The molecule has 5 heteroatoms. The van der Waals surface area contributed by atoms with Gasteiger partial charge in [0.25, 0.3) is 5.56 Å². The van der Waals surface area contributed by atoms with Crippen LogP contribution in [0.3, 0.4) is 0 Å². The van der Waals surface area contributed by atoms with Crippen LogP contribution in [0.1, 0.15) is 39.2 Å². The van der Waals surface area contributed by atoms with Gasteiger partial charge >= 0.3 is 0 Å². The summed E-state index contributed by atoms with van der Waals surface area (Å²) in [5.74, 6) is 0. The fourth-order valence-electron chi connectivity index (χ4n) is 2.06. The highest BCUT2D eigenvalue weighted by Crippen LogP contribution is 2.22. The highest BCUT2D eigenvalue weighted by molar-refractivity contribution is 7.13. The Morgan fingerprint density at radius 3 is 2.86 bits per heavy atom. The monoisotopic (exact) mass is 305 g/mol. The molecule has 4 nitrogen and oxygen atoms in total. The zero-order chi connectivity index (χ0) is 15.2. The first-order valence-electron chi connectivity index (χ1n) is 7.54. The highest BCUT2D eigenvalue weighted by Gasteiger charge is 2.11. The van der Waals surface area contributed by atoms with Gasteiger partial charge in [0.05, 0.1) is 4.88 Å². The second kappa shape index (κ2) is 7.52. The molecule has 0 aliphatic carbocycles. The minimum atomic E-state index is 0.0213. The molecule has 2 rings (SSSR count). The van der Waals surface area contributed by atoms with E-state index in [2.05, 4.69) is 31.2 Å². The molecule has 2 aromatic heterocycles. The number of nitrogens with zero attached hydrogens (tertiary/aromatic N) is 2. The summed E-state index contributed by atoms with van der Waals surface area (Å²) in [6, 6.07) is 6.38. The maximum absolute atomic E-state index is 12.4. The summed E-state index contributed by atoms with van der Waals surface area (Å²) in [5.41, 5.74) is 1.70. The third kappa shape index (κ3) is 4.02. The number of thiophene rings is 1. The molecule has 0 spiro atoms. The Hall–Kier alpha value is -1.46. The van der Waals surface area contributed by atoms with E-state index in [0.29, 0.717) is 19.1 Å². The summed E-state index contributed by atoms with van der Waals surface area (Å²) >= 11 is 1.65. The molecule has 0 aliphatic rings. The van der Waals surface area contributed by atoms with Crippen LogP contribution in [0.25, 0.3) is 10.6 Å². The summed E-state index contributed by atoms with van der Waals surface area (Å²) in [6.07, 6.45) is 1.95. The average molecular weight is 305 g/mol. The third-order valence-electron chi connectivity index (χ3n) is 3.51. The van der Waals surface area contributed by atoms with Crippen molar-refractivity contribution in [1.29, 1.82) is 0 Å². The Bertz CT molecular complexity index is 619. The van der Waals surface area contributed by atoms with Gasteiger partial charge in [0.1, 0.15) is 5.69 Å². The van der Waals surface area contributed by atoms with Gasteiger partial charge in [0, 0.05) is 24.7 Å². The first-order valence-corrected chi connectivity index (χ1v) is 8.42. The summed E-state index contributed by atoms with van der Waals surface area (Å²) in [5, 5.41) is 9.92. The lowest BCUT2D eigenvalue weighted by Crippen LogP contribution is -2.32.